The quantitative estimate of drug-likeness (QED) is 0.547. The predicted octanol–water partition coefficient (Wildman–Crippen LogP) is 3.45. The van der Waals surface area contributed by atoms with Crippen LogP contribution in [0.5, 0.6) is 5.75 Å². The number of ether oxygens (including phenoxy) is 2. The number of aromatic nitrogens is 1. The van der Waals surface area contributed by atoms with Crippen molar-refractivity contribution in [1.82, 2.24) is 4.57 Å². The number of hydrogen-bond acceptors (Lipinski definition) is 5. The molecule has 0 fully saturated rings. The van der Waals surface area contributed by atoms with Gasteiger partial charge in [0, 0.05) is 23.5 Å². The van der Waals surface area contributed by atoms with E-state index in [2.05, 4.69) is 4.74 Å². The molecule has 0 bridgehead atoms. The van der Waals surface area contributed by atoms with Gasteiger partial charge < -0.3 is 14.0 Å². The van der Waals surface area contributed by atoms with Crippen LogP contribution in [0.15, 0.2) is 24.3 Å². The van der Waals surface area contributed by atoms with E-state index in [1.165, 1.54) is 13.2 Å². The van der Waals surface area contributed by atoms with Crippen molar-refractivity contribution in [1.29, 1.82) is 5.26 Å². The van der Waals surface area contributed by atoms with Crippen molar-refractivity contribution in [2.24, 2.45) is 0 Å². The summed E-state index contributed by atoms with van der Waals surface area (Å²) in [7, 11) is 1.35. The summed E-state index contributed by atoms with van der Waals surface area (Å²) in [6.45, 7) is 3.97. The molecule has 1 heterocycles. The lowest BCUT2D eigenvalue weighted by Crippen LogP contribution is -2.14. The first-order chi connectivity index (χ1) is 12.4. The van der Waals surface area contributed by atoms with Gasteiger partial charge in [-0.15, -0.1) is 0 Å². The molecule has 2 aromatic rings. The maximum atomic E-state index is 12.5. The normalized spacial score (nSPS) is 10.3. The summed E-state index contributed by atoms with van der Waals surface area (Å²) in [4.78, 5) is 23.8. The van der Waals surface area contributed by atoms with Crippen LogP contribution in [-0.2, 0) is 16.1 Å². The van der Waals surface area contributed by atoms with E-state index in [-0.39, 0.29) is 29.8 Å². The average Bonchev–Trinajstić information content (AvgIpc) is 2.92. The van der Waals surface area contributed by atoms with Crippen molar-refractivity contribution in [3.05, 3.63) is 51.8 Å². The first kappa shape index (κ1) is 19.5. The Morgan fingerprint density at radius 3 is 2.62 bits per heavy atom. The lowest BCUT2D eigenvalue weighted by atomic mass is 10.1. The Hall–Kier alpha value is -2.78. The summed E-state index contributed by atoms with van der Waals surface area (Å²) in [5.41, 5.74) is 2.61. The number of hydrogen-bond donors (Lipinski definition) is 0. The topological polar surface area (TPSA) is 81.3 Å². The van der Waals surface area contributed by atoms with Crippen molar-refractivity contribution in [2.45, 2.75) is 26.8 Å². The zero-order valence-corrected chi connectivity index (χ0v) is 15.6. The Morgan fingerprint density at radius 1 is 1.27 bits per heavy atom. The van der Waals surface area contributed by atoms with Crippen molar-refractivity contribution in [3.63, 3.8) is 0 Å². The van der Waals surface area contributed by atoms with Crippen LogP contribution in [0.2, 0.25) is 5.02 Å². The monoisotopic (exact) mass is 374 g/mol. The van der Waals surface area contributed by atoms with E-state index >= 15 is 0 Å². The second kappa shape index (κ2) is 8.54. The number of rotatable bonds is 7. The Balaban J connectivity index is 2.08. The molecule has 136 valence electrons. The molecule has 6 nitrogen and oxygen atoms in total. The third-order valence-corrected chi connectivity index (χ3v) is 4.36. The molecule has 0 saturated carbocycles. The van der Waals surface area contributed by atoms with Crippen molar-refractivity contribution in [2.75, 3.05) is 13.7 Å². The molecular weight excluding hydrogens is 356 g/mol. The summed E-state index contributed by atoms with van der Waals surface area (Å²) in [6.07, 6.45) is 0.234. The molecule has 1 aromatic carbocycles. The zero-order chi connectivity index (χ0) is 19.3. The summed E-state index contributed by atoms with van der Waals surface area (Å²) in [5.74, 6) is -0.148. The molecule has 0 unspecified atom stereocenters. The van der Waals surface area contributed by atoms with Crippen molar-refractivity contribution in [3.8, 4) is 11.8 Å². The number of nitrogens with zero attached hydrogens (tertiary/aromatic N) is 2. The minimum absolute atomic E-state index is 0.174. The maximum Gasteiger partial charge on any atom is 0.307 e. The number of nitriles is 1. The molecule has 0 aliphatic heterocycles. The Morgan fingerprint density at radius 2 is 2.00 bits per heavy atom. The van der Waals surface area contributed by atoms with E-state index in [1.54, 1.807) is 18.2 Å². The van der Waals surface area contributed by atoms with Crippen LogP contribution < -0.4 is 4.74 Å². The van der Waals surface area contributed by atoms with Gasteiger partial charge in [0.05, 0.1) is 30.2 Å². The van der Waals surface area contributed by atoms with Crippen molar-refractivity contribution < 1.29 is 19.1 Å². The lowest BCUT2D eigenvalue weighted by Gasteiger charge is -2.10. The fourth-order valence-corrected chi connectivity index (χ4v) is 2.88. The molecule has 0 aliphatic rings. The fourth-order valence-electron chi connectivity index (χ4n) is 2.64. The summed E-state index contributed by atoms with van der Waals surface area (Å²) < 4.78 is 12.0. The number of methoxy groups -OCH3 is 1. The number of esters is 1. The molecule has 0 aliphatic carbocycles. The van der Waals surface area contributed by atoms with Gasteiger partial charge in [0.25, 0.3) is 0 Å². The van der Waals surface area contributed by atoms with Gasteiger partial charge in [0.1, 0.15) is 5.75 Å². The Kier molecular flexibility index (Phi) is 6.42. The standard InChI is InChI=1S/C19H19ClN2O4/c1-12-8-15(13(2)22(12)7-6-19(24)25-3)17(23)11-26-18-5-4-14(10-21)9-16(18)20/h4-5,8-9H,6-7,11H2,1-3H3. The van der Waals surface area contributed by atoms with Gasteiger partial charge in [0.2, 0.25) is 5.78 Å². The van der Waals surface area contributed by atoms with Crippen LogP contribution in [0.3, 0.4) is 0 Å². The van der Waals surface area contributed by atoms with Crippen molar-refractivity contribution >= 4 is 23.4 Å². The highest BCUT2D eigenvalue weighted by atomic mass is 35.5. The van der Waals surface area contributed by atoms with E-state index in [1.807, 2.05) is 24.5 Å². The van der Waals surface area contributed by atoms with E-state index in [0.29, 0.717) is 23.4 Å². The molecule has 0 spiro atoms. The van der Waals surface area contributed by atoms with Crippen LogP contribution in [0.4, 0.5) is 0 Å². The highest BCUT2D eigenvalue weighted by molar-refractivity contribution is 6.32. The van der Waals surface area contributed by atoms with Gasteiger partial charge in [-0.2, -0.15) is 5.26 Å². The molecule has 0 atom stereocenters. The highest BCUT2D eigenvalue weighted by Gasteiger charge is 2.17. The van der Waals surface area contributed by atoms with Crippen LogP contribution in [0.25, 0.3) is 0 Å². The minimum Gasteiger partial charge on any atom is -0.484 e. The summed E-state index contributed by atoms with van der Waals surface area (Å²) in [6, 6.07) is 8.38. The fraction of sp³-hybridized carbons (Fsp3) is 0.316. The first-order valence-corrected chi connectivity index (χ1v) is 8.34. The van der Waals surface area contributed by atoms with Gasteiger partial charge in [-0.3, -0.25) is 9.59 Å². The third kappa shape index (κ3) is 4.44. The molecule has 1 aromatic heterocycles. The highest BCUT2D eigenvalue weighted by Crippen LogP contribution is 2.25. The van der Waals surface area contributed by atoms with Crippen LogP contribution >= 0.6 is 11.6 Å². The number of carbonyl (C=O) groups is 2. The van der Waals surface area contributed by atoms with Crippen LogP contribution in [-0.4, -0.2) is 30.0 Å². The second-order valence-corrected chi connectivity index (χ2v) is 6.14. The Bertz CT molecular complexity index is 880. The van der Waals surface area contributed by atoms with E-state index in [0.717, 1.165) is 11.4 Å². The van der Waals surface area contributed by atoms with E-state index < -0.39 is 0 Å². The van der Waals surface area contributed by atoms with Gasteiger partial charge in [-0.25, -0.2) is 0 Å². The van der Waals surface area contributed by atoms with E-state index in [9.17, 15) is 9.59 Å². The summed E-state index contributed by atoms with van der Waals surface area (Å²) >= 11 is 6.05. The van der Waals surface area contributed by atoms with E-state index in [4.69, 9.17) is 21.6 Å². The minimum atomic E-state index is -0.302. The molecule has 2 rings (SSSR count). The largest absolute Gasteiger partial charge is 0.484 e. The number of ketones is 1. The molecule has 0 saturated heterocycles. The number of benzene rings is 1. The molecular formula is C19H19ClN2O4. The number of carbonyl (C=O) groups excluding carboxylic acids is 2. The number of halogens is 1. The van der Waals surface area contributed by atoms with Crippen LogP contribution in [0.1, 0.15) is 33.7 Å². The summed E-state index contributed by atoms with van der Waals surface area (Å²) in [5, 5.41) is 9.12. The zero-order valence-electron chi connectivity index (χ0n) is 14.8. The lowest BCUT2D eigenvalue weighted by molar-refractivity contribution is -0.140. The number of Topliss-reactive ketones (excluding diaryl/α,β-unsaturated/α-hetero) is 1. The maximum absolute atomic E-state index is 12.5. The third-order valence-electron chi connectivity index (χ3n) is 4.06. The van der Waals surface area contributed by atoms with Crippen LogP contribution in [0, 0.1) is 25.2 Å². The predicted molar refractivity (Wildman–Crippen MR) is 96.5 cm³/mol. The van der Waals surface area contributed by atoms with Gasteiger partial charge in [-0.1, -0.05) is 11.6 Å². The smallest absolute Gasteiger partial charge is 0.307 e. The SMILES string of the molecule is COC(=O)CCn1c(C)cc(C(=O)COc2ccc(C#N)cc2Cl)c1C. The first-order valence-electron chi connectivity index (χ1n) is 7.96. The second-order valence-electron chi connectivity index (χ2n) is 5.73. The van der Waals surface area contributed by atoms with Gasteiger partial charge >= 0.3 is 5.97 Å². The van der Waals surface area contributed by atoms with Gasteiger partial charge in [0.15, 0.2) is 6.61 Å². The average molecular weight is 375 g/mol. The molecule has 26 heavy (non-hydrogen) atoms. The number of aryl methyl sites for hydroxylation is 1. The molecule has 0 amide bonds. The molecule has 0 radical (unpaired) electrons. The molecule has 0 N–H and O–H groups in total. The van der Waals surface area contributed by atoms with Gasteiger partial charge in [-0.05, 0) is 38.1 Å². The molecule has 7 heteroatoms. The Labute approximate surface area is 156 Å².